The van der Waals surface area contributed by atoms with Crippen molar-refractivity contribution in [3.05, 3.63) is 107 Å². The van der Waals surface area contributed by atoms with Gasteiger partial charge >= 0.3 is 0 Å². The second-order valence-electron chi connectivity index (χ2n) is 13.5. The first kappa shape index (κ1) is 32.9. The minimum Gasteiger partial charge on any atom is -0.358 e. The Bertz CT molecular complexity index is 1490. The summed E-state index contributed by atoms with van der Waals surface area (Å²) in [4.78, 5) is 44.1. The molecule has 5 atom stereocenters. The van der Waals surface area contributed by atoms with Crippen LogP contribution in [0.15, 0.2) is 84.9 Å². The lowest BCUT2D eigenvalue weighted by atomic mass is 9.70. The van der Waals surface area contributed by atoms with Gasteiger partial charge in [-0.1, -0.05) is 84.9 Å². The van der Waals surface area contributed by atoms with Crippen molar-refractivity contribution in [2.45, 2.75) is 95.1 Å². The molecule has 1 aliphatic carbocycles. The van der Waals surface area contributed by atoms with Crippen molar-refractivity contribution in [2.24, 2.45) is 5.41 Å². The van der Waals surface area contributed by atoms with Gasteiger partial charge in [-0.15, -0.1) is 0 Å². The van der Waals surface area contributed by atoms with E-state index >= 15 is 0 Å². The molecule has 2 saturated heterocycles. The molecule has 2 aliphatic heterocycles. The van der Waals surface area contributed by atoms with Gasteiger partial charge in [0.25, 0.3) is 0 Å². The monoisotopic (exact) mass is 636 g/mol. The summed E-state index contributed by atoms with van der Waals surface area (Å²) in [7, 11) is 1.72. The number of carbonyl (C=O) groups is 3. The molecule has 3 aromatic carbocycles. The Balaban J connectivity index is 1.38. The van der Waals surface area contributed by atoms with Crippen LogP contribution >= 0.6 is 0 Å². The molecule has 0 bridgehead atoms. The number of likely N-dealkylation sites (N-methyl/N-ethyl adjacent to an activating group) is 1. The maximum absolute atomic E-state index is 14.9. The number of ether oxygens (including phenoxy) is 1. The lowest BCUT2D eigenvalue weighted by molar-refractivity contribution is -0.150. The predicted molar refractivity (Wildman–Crippen MR) is 182 cm³/mol. The Hall–Kier alpha value is -4.01. The van der Waals surface area contributed by atoms with E-state index in [1.807, 2.05) is 42.5 Å². The second-order valence-corrected chi connectivity index (χ2v) is 13.5. The zero-order valence-corrected chi connectivity index (χ0v) is 27.6. The average molecular weight is 637 g/mol. The number of benzene rings is 3. The van der Waals surface area contributed by atoms with Crippen molar-refractivity contribution in [3.63, 3.8) is 0 Å². The summed E-state index contributed by atoms with van der Waals surface area (Å²) in [5, 5.41) is 9.36. The minimum absolute atomic E-state index is 0.123. The Morgan fingerprint density at radius 3 is 2.17 bits per heavy atom. The van der Waals surface area contributed by atoms with Crippen LogP contribution in [0.5, 0.6) is 0 Å². The minimum atomic E-state index is -0.770. The fourth-order valence-corrected chi connectivity index (χ4v) is 7.85. The second kappa shape index (κ2) is 14.8. The molecule has 3 aromatic rings. The van der Waals surface area contributed by atoms with Crippen LogP contribution in [-0.4, -0.2) is 60.6 Å². The highest BCUT2D eigenvalue weighted by molar-refractivity contribution is 5.94. The van der Waals surface area contributed by atoms with Crippen molar-refractivity contribution >= 4 is 17.7 Å². The average Bonchev–Trinajstić information content (AvgIpc) is 3.36. The molecule has 0 spiro atoms. The van der Waals surface area contributed by atoms with Gasteiger partial charge in [-0.2, -0.15) is 0 Å². The van der Waals surface area contributed by atoms with Gasteiger partial charge in [-0.3, -0.25) is 14.4 Å². The summed E-state index contributed by atoms with van der Waals surface area (Å²) in [5.74, 6) is -0.625. The van der Waals surface area contributed by atoms with Crippen molar-refractivity contribution in [1.82, 2.24) is 20.9 Å². The van der Waals surface area contributed by atoms with E-state index in [1.165, 1.54) is 16.7 Å². The third-order valence-electron chi connectivity index (χ3n) is 10.6. The Morgan fingerprint density at radius 1 is 0.872 bits per heavy atom. The van der Waals surface area contributed by atoms with E-state index in [-0.39, 0.29) is 23.8 Å². The molecule has 0 radical (unpaired) electrons. The van der Waals surface area contributed by atoms with Crippen molar-refractivity contribution in [2.75, 3.05) is 13.7 Å². The van der Waals surface area contributed by atoms with E-state index in [1.54, 1.807) is 18.9 Å². The van der Waals surface area contributed by atoms with Gasteiger partial charge in [0, 0.05) is 18.3 Å². The third kappa shape index (κ3) is 7.29. The SMILES string of the molecule is CN[C@@H](C)C(=O)N[C@H]1CCO[C@H]2CC(CCc3ccccc3)(CCc3ccccc3)[C@H](C(=O)N[C@@H]3CCCc4ccccc43)N2C1=O. The van der Waals surface area contributed by atoms with Gasteiger partial charge in [0.05, 0.1) is 18.7 Å². The maximum atomic E-state index is 14.9. The number of aryl methyl sites for hydroxylation is 3. The fourth-order valence-electron chi connectivity index (χ4n) is 7.85. The quantitative estimate of drug-likeness (QED) is 0.279. The maximum Gasteiger partial charge on any atom is 0.247 e. The van der Waals surface area contributed by atoms with Crippen LogP contribution in [0.25, 0.3) is 0 Å². The number of hydrogen-bond acceptors (Lipinski definition) is 5. The zero-order valence-electron chi connectivity index (χ0n) is 27.6. The molecule has 248 valence electrons. The zero-order chi connectivity index (χ0) is 32.8. The van der Waals surface area contributed by atoms with Crippen LogP contribution in [0.2, 0.25) is 0 Å². The Labute approximate surface area is 278 Å². The molecular weight excluding hydrogens is 588 g/mol. The van der Waals surface area contributed by atoms with Gasteiger partial charge < -0.3 is 25.6 Å². The van der Waals surface area contributed by atoms with E-state index < -0.39 is 29.8 Å². The number of nitrogens with one attached hydrogen (secondary N) is 3. The van der Waals surface area contributed by atoms with E-state index in [9.17, 15) is 14.4 Å². The van der Waals surface area contributed by atoms with Crippen molar-refractivity contribution < 1.29 is 19.1 Å². The summed E-state index contributed by atoms with van der Waals surface area (Å²) in [6, 6.07) is 27.0. The van der Waals surface area contributed by atoms with Crippen LogP contribution in [0, 0.1) is 5.41 Å². The van der Waals surface area contributed by atoms with E-state index in [0.29, 0.717) is 19.4 Å². The summed E-state index contributed by atoms with van der Waals surface area (Å²) >= 11 is 0. The molecule has 3 aliphatic rings. The van der Waals surface area contributed by atoms with Crippen LogP contribution < -0.4 is 16.0 Å². The lowest BCUT2D eigenvalue weighted by Gasteiger charge is -2.39. The van der Waals surface area contributed by atoms with Gasteiger partial charge in [-0.05, 0) is 81.2 Å². The highest BCUT2D eigenvalue weighted by atomic mass is 16.5. The standard InChI is InChI=1S/C39H48N4O4/c1-27(40-2)36(44)42-33-22-25-47-34-26-39(23-20-28-12-5-3-6-13-28,24-21-29-14-7-4-8-15-29)35(43(34)38(33)46)37(45)41-32-19-11-17-30-16-9-10-18-31(30)32/h3-10,12-16,18,27,32-35,40H,11,17,19-26H2,1-2H3,(H,41,45)(H,42,44)/t27-,32+,33-,34-,35-/m0/s1. The molecule has 3 N–H and O–H groups in total. The molecule has 3 amide bonds. The Morgan fingerprint density at radius 2 is 1.51 bits per heavy atom. The topological polar surface area (TPSA) is 99.8 Å². The van der Waals surface area contributed by atoms with E-state index in [2.05, 4.69) is 58.4 Å². The predicted octanol–water partition coefficient (Wildman–Crippen LogP) is 4.87. The number of hydrogen-bond donors (Lipinski definition) is 3. The number of carbonyl (C=O) groups excluding carboxylic acids is 3. The van der Waals surface area contributed by atoms with Gasteiger partial charge in [0.15, 0.2) is 0 Å². The van der Waals surface area contributed by atoms with Crippen LogP contribution in [0.1, 0.15) is 73.7 Å². The molecule has 0 unspecified atom stereocenters. The van der Waals surface area contributed by atoms with Gasteiger partial charge in [0.2, 0.25) is 17.7 Å². The number of rotatable bonds is 11. The molecule has 2 heterocycles. The lowest BCUT2D eigenvalue weighted by Crippen LogP contribution is -2.59. The highest BCUT2D eigenvalue weighted by Crippen LogP contribution is 2.49. The molecule has 47 heavy (non-hydrogen) atoms. The van der Waals surface area contributed by atoms with Crippen LogP contribution in [-0.2, 0) is 38.4 Å². The van der Waals surface area contributed by atoms with E-state index in [4.69, 9.17) is 4.74 Å². The Kier molecular flexibility index (Phi) is 10.4. The number of nitrogens with zero attached hydrogens (tertiary/aromatic N) is 1. The fraction of sp³-hybridized carbons (Fsp3) is 0.462. The number of amides is 3. The normalized spacial score (nSPS) is 24.0. The molecule has 6 rings (SSSR count). The first-order valence-electron chi connectivity index (χ1n) is 17.3. The summed E-state index contributed by atoms with van der Waals surface area (Å²) in [6.45, 7) is 2.09. The summed E-state index contributed by atoms with van der Waals surface area (Å²) in [5.41, 5.74) is 4.28. The highest BCUT2D eigenvalue weighted by Gasteiger charge is 2.58. The largest absolute Gasteiger partial charge is 0.358 e. The molecule has 0 saturated carbocycles. The molecule has 0 aromatic heterocycles. The smallest absolute Gasteiger partial charge is 0.247 e. The van der Waals surface area contributed by atoms with Gasteiger partial charge in [-0.25, -0.2) is 0 Å². The van der Waals surface area contributed by atoms with Crippen LogP contribution in [0.4, 0.5) is 0 Å². The molecule has 8 heteroatoms. The summed E-state index contributed by atoms with van der Waals surface area (Å²) in [6.07, 6.45) is 6.22. The molecular formula is C39H48N4O4. The first-order chi connectivity index (χ1) is 22.9. The molecule has 8 nitrogen and oxygen atoms in total. The van der Waals surface area contributed by atoms with Crippen molar-refractivity contribution in [3.8, 4) is 0 Å². The van der Waals surface area contributed by atoms with Crippen molar-refractivity contribution in [1.29, 1.82) is 0 Å². The van der Waals surface area contributed by atoms with Crippen LogP contribution in [0.3, 0.4) is 0 Å². The van der Waals surface area contributed by atoms with E-state index in [0.717, 1.165) is 50.5 Å². The summed E-state index contributed by atoms with van der Waals surface area (Å²) < 4.78 is 6.44. The third-order valence-corrected chi connectivity index (χ3v) is 10.6. The number of fused-ring (bicyclic) bond motifs is 2. The first-order valence-corrected chi connectivity index (χ1v) is 17.3. The molecule has 2 fully saturated rings. The van der Waals surface area contributed by atoms with Gasteiger partial charge in [0.1, 0.15) is 18.3 Å².